The van der Waals surface area contributed by atoms with Crippen molar-refractivity contribution < 1.29 is 28.1 Å². The van der Waals surface area contributed by atoms with Crippen LogP contribution in [0.25, 0.3) is 0 Å². The number of hydrogen-bond donors (Lipinski definition) is 1. The number of ether oxygens (including phenoxy) is 4. The highest BCUT2D eigenvalue weighted by Crippen LogP contribution is 2.44. The third kappa shape index (κ3) is 6.02. The third-order valence-corrected chi connectivity index (χ3v) is 7.33. The van der Waals surface area contributed by atoms with Crippen LogP contribution in [0, 0.1) is 23.1 Å². The molecule has 3 aliphatic rings. The van der Waals surface area contributed by atoms with Crippen LogP contribution in [0.5, 0.6) is 0 Å². The van der Waals surface area contributed by atoms with E-state index in [4.69, 9.17) is 18.9 Å². The fourth-order valence-corrected chi connectivity index (χ4v) is 5.18. The molecular formula is C29H33FN2O5. The van der Waals surface area contributed by atoms with Crippen molar-refractivity contribution in [1.29, 1.82) is 5.26 Å². The van der Waals surface area contributed by atoms with E-state index in [1.54, 1.807) is 24.3 Å². The summed E-state index contributed by atoms with van der Waals surface area (Å²) < 4.78 is 38.6. The van der Waals surface area contributed by atoms with Gasteiger partial charge in [0.1, 0.15) is 11.9 Å². The monoisotopic (exact) mass is 508 g/mol. The molecule has 0 bridgehead atoms. The van der Waals surface area contributed by atoms with Gasteiger partial charge in [0.2, 0.25) is 0 Å². The van der Waals surface area contributed by atoms with Gasteiger partial charge in [0.15, 0.2) is 11.4 Å². The number of nitrogens with one attached hydrogen (secondary N) is 1. The first-order valence-corrected chi connectivity index (χ1v) is 12.9. The van der Waals surface area contributed by atoms with Gasteiger partial charge in [0.05, 0.1) is 37.1 Å². The minimum atomic E-state index is -1.23. The van der Waals surface area contributed by atoms with E-state index in [0.717, 1.165) is 18.4 Å². The summed E-state index contributed by atoms with van der Waals surface area (Å²) in [7, 11) is 0. The van der Waals surface area contributed by atoms with Gasteiger partial charge in [0, 0.05) is 19.4 Å². The van der Waals surface area contributed by atoms with Crippen molar-refractivity contribution in [1.82, 2.24) is 5.32 Å². The second-order valence-corrected chi connectivity index (χ2v) is 10.7. The predicted octanol–water partition coefficient (Wildman–Crippen LogP) is 4.38. The van der Waals surface area contributed by atoms with Crippen molar-refractivity contribution in [2.45, 2.75) is 82.4 Å². The highest BCUT2D eigenvalue weighted by atomic mass is 19.1. The van der Waals surface area contributed by atoms with Gasteiger partial charge in [-0.25, -0.2) is 4.39 Å². The summed E-state index contributed by atoms with van der Waals surface area (Å²) >= 11 is 0. The van der Waals surface area contributed by atoms with Crippen LogP contribution < -0.4 is 5.32 Å². The Morgan fingerprint density at radius 1 is 1.11 bits per heavy atom. The Balaban J connectivity index is 1.41. The van der Waals surface area contributed by atoms with Crippen LogP contribution in [0.1, 0.15) is 56.2 Å². The average molecular weight is 509 g/mol. The second kappa shape index (κ2) is 10.5. The van der Waals surface area contributed by atoms with Crippen LogP contribution in [0.4, 0.5) is 4.39 Å². The zero-order chi connectivity index (χ0) is 26.0. The molecule has 2 saturated carbocycles. The van der Waals surface area contributed by atoms with Gasteiger partial charge >= 0.3 is 0 Å². The first-order chi connectivity index (χ1) is 17.8. The maximum atomic E-state index is 13.7. The van der Waals surface area contributed by atoms with E-state index in [9.17, 15) is 14.4 Å². The number of carbonyl (C=O) groups excluding carboxylic acids is 1. The molecule has 2 aliphatic carbocycles. The molecule has 37 heavy (non-hydrogen) atoms. The number of hydrogen-bond acceptors (Lipinski definition) is 6. The van der Waals surface area contributed by atoms with E-state index in [2.05, 4.69) is 11.4 Å². The van der Waals surface area contributed by atoms with Crippen molar-refractivity contribution in [3.8, 4) is 6.07 Å². The van der Waals surface area contributed by atoms with Crippen LogP contribution in [0.3, 0.4) is 0 Å². The first kappa shape index (κ1) is 25.8. The van der Waals surface area contributed by atoms with Crippen LogP contribution in [-0.2, 0) is 37.0 Å². The molecule has 1 N–H and O–H groups in total. The SMILES string of the molecule is CC1(C)O[C@H]2[C@@H](OCc3ccc(F)cc3)C[C@](OCc3ccccc3C#N)(C(=O)NCC3CC3)C[C@H]2O1. The molecule has 2 aromatic rings. The molecule has 0 unspecified atom stereocenters. The molecule has 7 nitrogen and oxygen atoms in total. The van der Waals surface area contributed by atoms with Crippen LogP contribution in [0.15, 0.2) is 48.5 Å². The normalized spacial score (nSPS) is 28.3. The van der Waals surface area contributed by atoms with Gasteiger partial charge < -0.3 is 24.3 Å². The zero-order valence-corrected chi connectivity index (χ0v) is 21.2. The highest BCUT2D eigenvalue weighted by molar-refractivity contribution is 5.85. The third-order valence-electron chi connectivity index (χ3n) is 7.33. The maximum Gasteiger partial charge on any atom is 0.252 e. The largest absolute Gasteiger partial charge is 0.371 e. The van der Waals surface area contributed by atoms with Gasteiger partial charge in [-0.05, 0) is 61.9 Å². The van der Waals surface area contributed by atoms with E-state index in [-0.39, 0.29) is 37.5 Å². The van der Waals surface area contributed by atoms with Gasteiger partial charge in [-0.2, -0.15) is 5.26 Å². The lowest BCUT2D eigenvalue weighted by Crippen LogP contribution is -2.60. The Bertz CT molecular complexity index is 1160. The Morgan fingerprint density at radius 2 is 1.86 bits per heavy atom. The summed E-state index contributed by atoms with van der Waals surface area (Å²) in [4.78, 5) is 13.7. The van der Waals surface area contributed by atoms with E-state index in [1.165, 1.54) is 12.1 Å². The molecule has 0 aromatic heterocycles. The van der Waals surface area contributed by atoms with Crippen LogP contribution >= 0.6 is 0 Å². The second-order valence-electron chi connectivity index (χ2n) is 10.7. The molecule has 1 heterocycles. The molecule has 1 aliphatic heterocycles. The van der Waals surface area contributed by atoms with E-state index in [1.807, 2.05) is 26.0 Å². The molecule has 2 aromatic carbocycles. The Morgan fingerprint density at radius 3 is 2.59 bits per heavy atom. The van der Waals surface area contributed by atoms with Gasteiger partial charge in [-0.1, -0.05) is 30.3 Å². The summed E-state index contributed by atoms with van der Waals surface area (Å²) in [5.41, 5.74) is 0.814. The molecule has 1 amide bonds. The predicted molar refractivity (Wildman–Crippen MR) is 132 cm³/mol. The summed E-state index contributed by atoms with van der Waals surface area (Å²) in [6.07, 6.45) is 1.51. The lowest BCUT2D eigenvalue weighted by molar-refractivity contribution is -0.183. The summed E-state index contributed by atoms with van der Waals surface area (Å²) in [6.45, 7) is 4.64. The Hall–Kier alpha value is -2.83. The number of amides is 1. The quantitative estimate of drug-likeness (QED) is 0.541. The van der Waals surface area contributed by atoms with E-state index < -0.39 is 23.6 Å². The lowest BCUT2D eigenvalue weighted by Gasteiger charge is -2.43. The molecule has 5 rings (SSSR count). The number of halogens is 1. The van der Waals surface area contributed by atoms with Gasteiger partial charge in [0.25, 0.3) is 5.91 Å². The van der Waals surface area contributed by atoms with Crippen molar-refractivity contribution in [3.63, 3.8) is 0 Å². The fraction of sp³-hybridized carbons (Fsp3) is 0.517. The van der Waals surface area contributed by atoms with Crippen molar-refractivity contribution in [2.24, 2.45) is 5.92 Å². The van der Waals surface area contributed by atoms with Crippen molar-refractivity contribution in [2.75, 3.05) is 6.54 Å². The highest BCUT2D eigenvalue weighted by Gasteiger charge is 2.58. The number of benzene rings is 2. The number of nitrogens with zero attached hydrogens (tertiary/aromatic N) is 1. The Labute approximate surface area is 216 Å². The average Bonchev–Trinajstić information content (AvgIpc) is 3.66. The number of carbonyl (C=O) groups is 1. The van der Waals surface area contributed by atoms with Crippen molar-refractivity contribution in [3.05, 3.63) is 71.0 Å². The molecule has 1 saturated heterocycles. The molecule has 4 atom stereocenters. The van der Waals surface area contributed by atoms with Gasteiger partial charge in [-0.15, -0.1) is 0 Å². The molecule has 8 heteroatoms. The smallest absolute Gasteiger partial charge is 0.252 e. The fourth-order valence-electron chi connectivity index (χ4n) is 5.18. The van der Waals surface area contributed by atoms with Gasteiger partial charge in [-0.3, -0.25) is 4.79 Å². The number of rotatable bonds is 9. The van der Waals surface area contributed by atoms with E-state index >= 15 is 0 Å². The molecule has 3 fully saturated rings. The summed E-state index contributed by atoms with van der Waals surface area (Å²) in [6, 6.07) is 15.6. The van der Waals surface area contributed by atoms with Crippen LogP contribution in [0.2, 0.25) is 0 Å². The number of nitriles is 1. The standard InChI is InChI=1S/C29H33FN2O5/c1-28(2)36-25-14-29(27(33)32-16-19-7-8-19,35-18-22-6-4-3-5-21(22)15-31)13-24(26(25)37-28)34-17-20-9-11-23(30)12-10-20/h3-6,9-12,19,24-26H,7-8,13-14,16-18H2,1-2H3,(H,32,33)/t24-,25+,26-,29+/m0/s1. The topological polar surface area (TPSA) is 89.8 Å². The molecule has 0 spiro atoms. The lowest BCUT2D eigenvalue weighted by atomic mass is 9.78. The molecule has 196 valence electrons. The molecular weight excluding hydrogens is 475 g/mol. The zero-order valence-electron chi connectivity index (χ0n) is 21.2. The first-order valence-electron chi connectivity index (χ1n) is 12.9. The van der Waals surface area contributed by atoms with Crippen molar-refractivity contribution >= 4 is 5.91 Å². The minimum Gasteiger partial charge on any atom is -0.371 e. The summed E-state index contributed by atoms with van der Waals surface area (Å²) in [5.74, 6) is -0.836. The minimum absolute atomic E-state index is 0.104. The van der Waals surface area contributed by atoms with Crippen LogP contribution in [-0.4, -0.2) is 42.2 Å². The van der Waals surface area contributed by atoms with E-state index in [0.29, 0.717) is 30.0 Å². The number of fused-ring (bicyclic) bond motifs is 1. The Kier molecular flexibility index (Phi) is 7.32. The molecule has 0 radical (unpaired) electrons. The summed E-state index contributed by atoms with van der Waals surface area (Å²) in [5, 5.41) is 12.6. The maximum absolute atomic E-state index is 13.7.